The van der Waals surface area contributed by atoms with Crippen LogP contribution in [0.5, 0.6) is 0 Å². The fourth-order valence-corrected chi connectivity index (χ4v) is 3.28. The van der Waals surface area contributed by atoms with Gasteiger partial charge in [-0.1, -0.05) is 64.4 Å². The fraction of sp³-hybridized carbons (Fsp3) is 0.875. The zero-order valence-electron chi connectivity index (χ0n) is 14.0. The van der Waals surface area contributed by atoms with Gasteiger partial charge in [-0.25, -0.2) is 0 Å². The molecule has 0 aliphatic heterocycles. The van der Waals surface area contributed by atoms with Gasteiger partial charge in [0.1, 0.15) is 0 Å². The van der Waals surface area contributed by atoms with E-state index in [4.69, 9.17) is 13.9 Å². The molecule has 0 aliphatic carbocycles. The molecule has 0 heterocycles. The lowest BCUT2D eigenvalue weighted by atomic mass is 9.97. The van der Waals surface area contributed by atoms with Gasteiger partial charge in [-0.15, -0.1) is 6.58 Å². The second-order valence-electron chi connectivity index (χ2n) is 5.32. The van der Waals surface area contributed by atoms with Gasteiger partial charge in [-0.3, -0.25) is 0 Å². The summed E-state index contributed by atoms with van der Waals surface area (Å²) in [6.07, 6.45) is 13.5. The zero-order chi connectivity index (χ0) is 15.3. The van der Waals surface area contributed by atoms with Gasteiger partial charge in [0.25, 0.3) is 5.97 Å². The lowest BCUT2D eigenvalue weighted by molar-refractivity contribution is -0.343. The molecule has 0 N–H and O–H groups in total. The Hall–Kier alpha value is -0.163. The topological polar surface area (TPSA) is 27.7 Å². The highest BCUT2D eigenvalue weighted by Gasteiger charge is 2.37. The van der Waals surface area contributed by atoms with Crippen LogP contribution in [0.2, 0.25) is 0 Å². The molecule has 0 aliphatic rings. The van der Waals surface area contributed by atoms with Crippen molar-refractivity contribution in [2.75, 3.05) is 14.2 Å². The van der Waals surface area contributed by atoms with E-state index in [9.17, 15) is 0 Å². The molecular formula is C16H34O3Si. The van der Waals surface area contributed by atoms with Crippen molar-refractivity contribution in [2.24, 2.45) is 5.92 Å². The van der Waals surface area contributed by atoms with Gasteiger partial charge in [-0.05, 0) is 6.42 Å². The van der Waals surface area contributed by atoms with E-state index in [0.717, 1.165) is 6.42 Å². The first-order chi connectivity index (χ1) is 9.70. The summed E-state index contributed by atoms with van der Waals surface area (Å²) in [6.45, 7) is 6.15. The van der Waals surface area contributed by atoms with E-state index in [2.05, 4.69) is 13.5 Å². The van der Waals surface area contributed by atoms with Gasteiger partial charge in [0.15, 0.2) is 10.5 Å². The van der Waals surface area contributed by atoms with Gasteiger partial charge in [0.05, 0.1) is 5.92 Å². The molecule has 0 aromatic rings. The third-order valence-electron chi connectivity index (χ3n) is 3.96. The van der Waals surface area contributed by atoms with Crippen molar-refractivity contribution in [3.63, 3.8) is 0 Å². The molecule has 0 aromatic heterocycles. The lowest BCUT2D eigenvalue weighted by Crippen LogP contribution is -2.43. The molecule has 0 aromatic carbocycles. The lowest BCUT2D eigenvalue weighted by Gasteiger charge is -2.35. The third kappa shape index (κ3) is 7.02. The van der Waals surface area contributed by atoms with E-state index in [0.29, 0.717) is 10.5 Å². The maximum atomic E-state index is 5.53. The summed E-state index contributed by atoms with van der Waals surface area (Å²) in [7, 11) is 3.84. The second-order valence-corrected chi connectivity index (χ2v) is 5.73. The molecule has 120 valence electrons. The van der Waals surface area contributed by atoms with Crippen molar-refractivity contribution >= 4 is 10.5 Å². The van der Waals surface area contributed by atoms with Gasteiger partial charge >= 0.3 is 0 Å². The molecule has 0 fully saturated rings. The average molecular weight is 303 g/mol. The Morgan fingerprint density at radius 2 is 1.50 bits per heavy atom. The van der Waals surface area contributed by atoms with E-state index >= 15 is 0 Å². The van der Waals surface area contributed by atoms with Crippen molar-refractivity contribution < 1.29 is 13.9 Å². The van der Waals surface area contributed by atoms with Crippen LogP contribution in [0.25, 0.3) is 0 Å². The van der Waals surface area contributed by atoms with Crippen LogP contribution in [0, 0.1) is 5.92 Å². The largest absolute Gasteiger partial charge is 0.380 e. The zero-order valence-corrected chi connectivity index (χ0v) is 16.0. The van der Waals surface area contributed by atoms with Crippen molar-refractivity contribution in [1.82, 2.24) is 0 Å². The minimum absolute atomic E-state index is 0.0927. The summed E-state index contributed by atoms with van der Waals surface area (Å²) in [5, 5.41) is 0. The van der Waals surface area contributed by atoms with E-state index in [-0.39, 0.29) is 5.92 Å². The number of unbranched alkanes of at least 4 members (excludes halogenated alkanes) is 7. The molecule has 0 amide bonds. The van der Waals surface area contributed by atoms with E-state index in [1.165, 1.54) is 51.4 Å². The van der Waals surface area contributed by atoms with E-state index in [1.807, 2.05) is 6.08 Å². The summed E-state index contributed by atoms with van der Waals surface area (Å²) < 4.78 is 16.4. The molecular weight excluding hydrogens is 268 g/mol. The first-order valence-electron chi connectivity index (χ1n) is 7.98. The Labute approximate surface area is 128 Å². The number of hydrogen-bond acceptors (Lipinski definition) is 3. The van der Waals surface area contributed by atoms with Gasteiger partial charge in [0.2, 0.25) is 0 Å². The summed E-state index contributed by atoms with van der Waals surface area (Å²) in [5.74, 6) is -0.829. The Balaban J connectivity index is 3.87. The molecule has 0 saturated carbocycles. The van der Waals surface area contributed by atoms with Crippen LogP contribution in [0.4, 0.5) is 0 Å². The highest BCUT2D eigenvalue weighted by Crippen LogP contribution is 2.29. The molecule has 0 rings (SSSR count). The highest BCUT2D eigenvalue weighted by molar-refractivity contribution is 5.98. The average Bonchev–Trinajstić information content (AvgIpc) is 2.49. The molecule has 3 nitrogen and oxygen atoms in total. The predicted octanol–water partition coefficient (Wildman–Crippen LogP) is 3.56. The van der Waals surface area contributed by atoms with Crippen molar-refractivity contribution in [3.05, 3.63) is 12.7 Å². The Bertz CT molecular complexity index is 221. The number of rotatable bonds is 14. The SMILES string of the molecule is C=CC(CCCCCCCCCC)C(OC)(OC)O[SiH3]. The van der Waals surface area contributed by atoms with Crippen LogP contribution in [0.3, 0.4) is 0 Å². The number of hydrogen-bond donors (Lipinski definition) is 0. The minimum Gasteiger partial charge on any atom is -0.380 e. The summed E-state index contributed by atoms with van der Waals surface area (Å²) in [5.41, 5.74) is 0. The number of ether oxygens (including phenoxy) is 2. The molecule has 0 saturated heterocycles. The number of methoxy groups -OCH3 is 2. The quantitative estimate of drug-likeness (QED) is 0.212. The maximum absolute atomic E-state index is 5.53. The molecule has 4 heteroatoms. The van der Waals surface area contributed by atoms with Crippen LogP contribution in [-0.2, 0) is 13.9 Å². The smallest absolute Gasteiger partial charge is 0.278 e. The van der Waals surface area contributed by atoms with Crippen molar-refractivity contribution in [1.29, 1.82) is 0 Å². The second kappa shape index (κ2) is 12.6. The van der Waals surface area contributed by atoms with Gasteiger partial charge in [-0.2, -0.15) is 0 Å². The monoisotopic (exact) mass is 302 g/mol. The van der Waals surface area contributed by atoms with Crippen molar-refractivity contribution in [3.8, 4) is 0 Å². The molecule has 0 bridgehead atoms. The standard InChI is InChI=1S/C16H34O3Si/c1-5-7-8-9-10-11-12-13-14-15(6-2)16(17-3,18-4)19-20/h6,15H,2,5,7-14H2,1,3-4,20H3. The van der Waals surface area contributed by atoms with Crippen LogP contribution in [-0.4, -0.2) is 30.7 Å². The van der Waals surface area contributed by atoms with Crippen LogP contribution >= 0.6 is 0 Å². The molecule has 0 radical (unpaired) electrons. The Morgan fingerprint density at radius 3 is 1.90 bits per heavy atom. The molecule has 1 atom stereocenters. The first-order valence-corrected chi connectivity index (χ1v) is 8.80. The maximum Gasteiger partial charge on any atom is 0.278 e. The Kier molecular flexibility index (Phi) is 12.5. The normalized spacial score (nSPS) is 13.6. The summed E-state index contributed by atoms with van der Waals surface area (Å²) in [6, 6.07) is 0. The van der Waals surface area contributed by atoms with Crippen molar-refractivity contribution in [2.45, 2.75) is 70.7 Å². The third-order valence-corrected chi connectivity index (χ3v) is 4.53. The summed E-state index contributed by atoms with van der Waals surface area (Å²) in [4.78, 5) is 0. The van der Waals surface area contributed by atoms with Crippen LogP contribution < -0.4 is 0 Å². The first kappa shape index (κ1) is 19.8. The van der Waals surface area contributed by atoms with Gasteiger partial charge < -0.3 is 13.9 Å². The fourth-order valence-electron chi connectivity index (χ4n) is 2.64. The molecule has 1 unspecified atom stereocenters. The van der Waals surface area contributed by atoms with Gasteiger partial charge in [0, 0.05) is 14.2 Å². The van der Waals surface area contributed by atoms with E-state index in [1.54, 1.807) is 14.2 Å². The Morgan fingerprint density at radius 1 is 1.00 bits per heavy atom. The van der Waals surface area contributed by atoms with Crippen LogP contribution in [0.1, 0.15) is 64.7 Å². The van der Waals surface area contributed by atoms with E-state index < -0.39 is 5.97 Å². The highest BCUT2D eigenvalue weighted by atomic mass is 28.2. The summed E-state index contributed by atoms with van der Waals surface area (Å²) >= 11 is 0. The molecule has 20 heavy (non-hydrogen) atoms. The minimum atomic E-state index is -0.922. The molecule has 0 spiro atoms. The van der Waals surface area contributed by atoms with Crippen LogP contribution in [0.15, 0.2) is 12.7 Å². The predicted molar refractivity (Wildman–Crippen MR) is 88.7 cm³/mol.